The molecule has 8 nitrogen and oxygen atoms in total. The maximum atomic E-state index is 5.51. The van der Waals surface area contributed by atoms with Gasteiger partial charge in [0, 0.05) is 13.0 Å². The van der Waals surface area contributed by atoms with Crippen molar-refractivity contribution in [3.8, 4) is 11.6 Å². The highest BCUT2D eigenvalue weighted by atomic mass is 16.5. The Bertz CT molecular complexity index is 824. The minimum absolute atomic E-state index is 0.254. The summed E-state index contributed by atoms with van der Waals surface area (Å²) in [6.07, 6.45) is 4.57. The molecule has 4 heterocycles. The van der Waals surface area contributed by atoms with Crippen molar-refractivity contribution in [3.63, 3.8) is 0 Å². The first-order chi connectivity index (χ1) is 12.7. The Balaban J connectivity index is 1.38. The highest BCUT2D eigenvalue weighted by Crippen LogP contribution is 2.27. The van der Waals surface area contributed by atoms with Crippen LogP contribution in [0.4, 0.5) is 0 Å². The highest BCUT2D eigenvalue weighted by Gasteiger charge is 2.27. The van der Waals surface area contributed by atoms with Gasteiger partial charge in [-0.3, -0.25) is 4.90 Å². The van der Waals surface area contributed by atoms with Gasteiger partial charge in [0.15, 0.2) is 11.6 Å². The molecule has 8 heteroatoms. The lowest BCUT2D eigenvalue weighted by Crippen LogP contribution is -2.34. The molecule has 1 atom stereocenters. The Kier molecular flexibility index (Phi) is 4.83. The molecular formula is C18H23N5O3. The molecule has 0 aromatic carbocycles. The molecule has 138 valence electrons. The lowest BCUT2D eigenvalue weighted by molar-refractivity contribution is 0.162. The van der Waals surface area contributed by atoms with Crippen LogP contribution in [0.5, 0.6) is 0 Å². The van der Waals surface area contributed by atoms with Crippen molar-refractivity contribution >= 4 is 0 Å². The van der Waals surface area contributed by atoms with Gasteiger partial charge in [0.1, 0.15) is 0 Å². The van der Waals surface area contributed by atoms with E-state index in [1.807, 2.05) is 6.07 Å². The number of aromatic nitrogens is 4. The van der Waals surface area contributed by atoms with Crippen molar-refractivity contribution in [2.24, 2.45) is 5.92 Å². The summed E-state index contributed by atoms with van der Waals surface area (Å²) in [5.74, 6) is 3.99. The Morgan fingerprint density at radius 3 is 2.96 bits per heavy atom. The predicted octanol–water partition coefficient (Wildman–Crippen LogP) is 3.29. The minimum atomic E-state index is 0.254. The van der Waals surface area contributed by atoms with Crippen LogP contribution in [0.3, 0.4) is 0 Å². The van der Waals surface area contributed by atoms with Gasteiger partial charge in [-0.25, -0.2) is 0 Å². The zero-order valence-corrected chi connectivity index (χ0v) is 15.1. The Labute approximate surface area is 151 Å². The van der Waals surface area contributed by atoms with Crippen LogP contribution in [-0.2, 0) is 13.0 Å². The van der Waals surface area contributed by atoms with Crippen LogP contribution < -0.4 is 0 Å². The zero-order chi connectivity index (χ0) is 17.9. The summed E-state index contributed by atoms with van der Waals surface area (Å²) in [7, 11) is 0. The minimum Gasteiger partial charge on any atom is -0.461 e. The van der Waals surface area contributed by atoms with Crippen LogP contribution in [0.25, 0.3) is 11.6 Å². The van der Waals surface area contributed by atoms with E-state index in [2.05, 4.69) is 39.0 Å². The molecule has 26 heavy (non-hydrogen) atoms. The molecule has 0 saturated carbocycles. The molecule has 3 aromatic heterocycles. The fraction of sp³-hybridized carbons (Fsp3) is 0.556. The number of hydrogen-bond acceptors (Lipinski definition) is 8. The maximum absolute atomic E-state index is 5.51. The summed E-state index contributed by atoms with van der Waals surface area (Å²) in [5, 5.41) is 8.10. The lowest BCUT2D eigenvalue weighted by atomic mass is 9.98. The van der Waals surface area contributed by atoms with Gasteiger partial charge >= 0.3 is 0 Å². The summed E-state index contributed by atoms with van der Waals surface area (Å²) in [4.78, 5) is 11.3. The molecule has 1 unspecified atom stereocenters. The van der Waals surface area contributed by atoms with Crippen LogP contribution in [0, 0.1) is 5.92 Å². The second-order valence-electron chi connectivity index (χ2n) is 7.21. The molecule has 0 aliphatic carbocycles. The largest absolute Gasteiger partial charge is 0.461 e. The van der Waals surface area contributed by atoms with E-state index in [1.165, 1.54) is 0 Å². The first kappa shape index (κ1) is 17.0. The zero-order valence-electron chi connectivity index (χ0n) is 15.1. The Morgan fingerprint density at radius 2 is 2.15 bits per heavy atom. The summed E-state index contributed by atoms with van der Waals surface area (Å²) in [6.45, 7) is 6.75. The van der Waals surface area contributed by atoms with Crippen LogP contribution in [0.1, 0.15) is 50.2 Å². The van der Waals surface area contributed by atoms with Crippen molar-refractivity contribution in [1.29, 1.82) is 0 Å². The number of hydrogen-bond donors (Lipinski definition) is 0. The number of furan rings is 1. The SMILES string of the molecule is CC(C)Cc1noc(C2CCCN(Cc3nc(-c4ccco4)no3)C2)n1. The molecular weight excluding hydrogens is 334 g/mol. The van der Waals surface area contributed by atoms with Crippen molar-refractivity contribution in [2.75, 3.05) is 13.1 Å². The molecule has 3 aromatic rings. The normalized spacial score (nSPS) is 18.7. The third-order valence-corrected chi connectivity index (χ3v) is 4.50. The highest BCUT2D eigenvalue weighted by molar-refractivity contribution is 5.44. The van der Waals surface area contributed by atoms with E-state index >= 15 is 0 Å². The molecule has 1 fully saturated rings. The number of nitrogens with zero attached hydrogens (tertiary/aromatic N) is 5. The molecule has 4 rings (SSSR count). The number of rotatable bonds is 6. The van der Waals surface area contributed by atoms with Crippen LogP contribution in [-0.4, -0.2) is 38.3 Å². The summed E-state index contributed by atoms with van der Waals surface area (Å²) < 4.78 is 16.2. The molecule has 0 spiro atoms. The smallest absolute Gasteiger partial charge is 0.241 e. The number of likely N-dealkylation sites (tertiary alicyclic amines) is 1. The monoisotopic (exact) mass is 357 g/mol. The van der Waals surface area contributed by atoms with Crippen molar-refractivity contribution in [2.45, 2.75) is 45.6 Å². The molecule has 0 bridgehead atoms. The van der Waals surface area contributed by atoms with E-state index in [4.69, 9.17) is 13.5 Å². The van der Waals surface area contributed by atoms with E-state index in [-0.39, 0.29) is 5.92 Å². The first-order valence-electron chi connectivity index (χ1n) is 9.08. The standard InChI is InChI=1S/C18H23N5O3/c1-12(2)9-15-19-18(26-21-15)13-5-3-7-23(10-13)11-16-20-17(22-25-16)14-6-4-8-24-14/h4,6,8,12-13H,3,5,7,9-11H2,1-2H3. The molecule has 0 radical (unpaired) electrons. The Hall–Kier alpha value is -2.48. The van der Waals surface area contributed by atoms with Crippen LogP contribution in [0.15, 0.2) is 31.9 Å². The van der Waals surface area contributed by atoms with Crippen LogP contribution in [0.2, 0.25) is 0 Å². The Morgan fingerprint density at radius 1 is 1.23 bits per heavy atom. The van der Waals surface area contributed by atoms with E-state index in [9.17, 15) is 0 Å². The molecule has 1 aliphatic rings. The first-order valence-corrected chi connectivity index (χ1v) is 9.08. The summed E-state index contributed by atoms with van der Waals surface area (Å²) in [5.41, 5.74) is 0. The third-order valence-electron chi connectivity index (χ3n) is 4.50. The molecule has 1 saturated heterocycles. The quantitative estimate of drug-likeness (QED) is 0.663. The van der Waals surface area contributed by atoms with E-state index in [1.54, 1.807) is 12.3 Å². The van der Waals surface area contributed by atoms with E-state index < -0.39 is 0 Å². The fourth-order valence-electron chi connectivity index (χ4n) is 3.30. The third kappa shape index (κ3) is 3.85. The summed E-state index contributed by atoms with van der Waals surface area (Å²) in [6, 6.07) is 3.62. The van der Waals surface area contributed by atoms with Gasteiger partial charge in [-0.2, -0.15) is 9.97 Å². The predicted molar refractivity (Wildman–Crippen MR) is 92.1 cm³/mol. The molecule has 0 N–H and O–H groups in total. The van der Waals surface area contributed by atoms with Crippen LogP contribution >= 0.6 is 0 Å². The second-order valence-corrected chi connectivity index (χ2v) is 7.21. The second kappa shape index (κ2) is 7.41. The van der Waals surface area contributed by atoms with Gasteiger partial charge in [-0.15, -0.1) is 0 Å². The van der Waals surface area contributed by atoms with Gasteiger partial charge in [-0.1, -0.05) is 24.2 Å². The summed E-state index contributed by atoms with van der Waals surface area (Å²) >= 11 is 0. The van der Waals surface area contributed by atoms with Gasteiger partial charge < -0.3 is 13.5 Å². The van der Waals surface area contributed by atoms with E-state index in [0.717, 1.165) is 44.1 Å². The lowest BCUT2D eigenvalue weighted by Gasteiger charge is -2.29. The van der Waals surface area contributed by atoms with Crippen molar-refractivity contribution in [3.05, 3.63) is 36.0 Å². The number of piperidine rings is 1. The van der Waals surface area contributed by atoms with Crippen molar-refractivity contribution in [1.82, 2.24) is 25.2 Å². The van der Waals surface area contributed by atoms with Gasteiger partial charge in [0.05, 0.1) is 18.7 Å². The average Bonchev–Trinajstić information content (AvgIpc) is 3.36. The van der Waals surface area contributed by atoms with Crippen molar-refractivity contribution < 1.29 is 13.5 Å². The van der Waals surface area contributed by atoms with E-state index in [0.29, 0.717) is 29.9 Å². The van der Waals surface area contributed by atoms with Gasteiger partial charge in [-0.05, 0) is 37.4 Å². The maximum Gasteiger partial charge on any atom is 0.241 e. The van der Waals surface area contributed by atoms with Gasteiger partial charge in [0.2, 0.25) is 17.6 Å². The fourth-order valence-corrected chi connectivity index (χ4v) is 3.30. The topological polar surface area (TPSA) is 94.2 Å². The molecule has 0 amide bonds. The average molecular weight is 357 g/mol. The van der Waals surface area contributed by atoms with Gasteiger partial charge in [0.25, 0.3) is 0 Å². The molecule has 1 aliphatic heterocycles.